The van der Waals surface area contributed by atoms with Crippen molar-refractivity contribution in [1.82, 2.24) is 4.72 Å². The molecule has 2 aromatic carbocycles. The van der Waals surface area contributed by atoms with Gasteiger partial charge in [0.05, 0.1) is 4.90 Å². The zero-order valence-electron chi connectivity index (χ0n) is 16.2. The summed E-state index contributed by atoms with van der Waals surface area (Å²) in [5.41, 5.74) is 1.92. The molecule has 0 radical (unpaired) electrons. The Labute approximate surface area is 171 Å². The molecule has 29 heavy (non-hydrogen) atoms. The molecule has 2 N–H and O–H groups in total. The summed E-state index contributed by atoms with van der Waals surface area (Å²) in [6, 6.07) is 12.2. The summed E-state index contributed by atoms with van der Waals surface area (Å²) >= 11 is 0. The van der Waals surface area contributed by atoms with E-state index in [9.17, 15) is 17.6 Å². The molecule has 7 heteroatoms. The van der Waals surface area contributed by atoms with Crippen LogP contribution in [0, 0.1) is 11.7 Å². The summed E-state index contributed by atoms with van der Waals surface area (Å²) in [5, 5.41) is 8.76. The van der Waals surface area contributed by atoms with Gasteiger partial charge in [0.2, 0.25) is 10.0 Å². The molecule has 1 aliphatic carbocycles. The molecule has 1 unspecified atom stereocenters. The summed E-state index contributed by atoms with van der Waals surface area (Å²) in [6.45, 7) is 0. The number of carboxylic acid groups (broad SMARTS) is 1. The number of halogens is 1. The minimum atomic E-state index is -3.78. The van der Waals surface area contributed by atoms with E-state index in [1.807, 2.05) is 24.3 Å². The lowest BCUT2D eigenvalue weighted by molar-refractivity contribution is -0.137. The SMILES string of the molecule is O=C(O)CCCc1ccc(C(NS(=O)(=O)c2ccc(F)cc2)C2CCCC2)cc1. The van der Waals surface area contributed by atoms with E-state index in [0.717, 1.165) is 48.9 Å². The van der Waals surface area contributed by atoms with Gasteiger partial charge in [0.15, 0.2) is 0 Å². The molecule has 0 amide bonds. The molecule has 1 saturated carbocycles. The van der Waals surface area contributed by atoms with Crippen molar-refractivity contribution in [2.45, 2.75) is 55.9 Å². The minimum Gasteiger partial charge on any atom is -0.481 e. The Hall–Kier alpha value is -2.25. The predicted octanol–water partition coefficient (Wildman–Crippen LogP) is 4.44. The number of carboxylic acids is 1. The van der Waals surface area contributed by atoms with Crippen LogP contribution in [-0.4, -0.2) is 19.5 Å². The fraction of sp³-hybridized carbons (Fsp3) is 0.409. The van der Waals surface area contributed by atoms with E-state index in [0.29, 0.717) is 12.8 Å². The summed E-state index contributed by atoms with van der Waals surface area (Å²) in [5.74, 6) is -1.07. The highest BCUT2D eigenvalue weighted by Gasteiger charge is 2.30. The zero-order valence-corrected chi connectivity index (χ0v) is 17.0. The minimum absolute atomic E-state index is 0.0483. The van der Waals surface area contributed by atoms with Crippen LogP contribution in [0.5, 0.6) is 0 Å². The van der Waals surface area contributed by atoms with Crippen molar-refractivity contribution < 1.29 is 22.7 Å². The first-order valence-electron chi connectivity index (χ1n) is 9.94. The van der Waals surface area contributed by atoms with Gasteiger partial charge in [-0.3, -0.25) is 4.79 Å². The smallest absolute Gasteiger partial charge is 0.303 e. The molecule has 0 aromatic heterocycles. The molecule has 5 nitrogen and oxygen atoms in total. The maximum atomic E-state index is 13.2. The molecule has 0 aliphatic heterocycles. The van der Waals surface area contributed by atoms with E-state index in [4.69, 9.17) is 5.11 Å². The number of benzene rings is 2. The molecule has 1 fully saturated rings. The van der Waals surface area contributed by atoms with Crippen LogP contribution >= 0.6 is 0 Å². The maximum Gasteiger partial charge on any atom is 0.303 e. The number of rotatable bonds is 9. The third-order valence-electron chi connectivity index (χ3n) is 5.47. The summed E-state index contributed by atoms with van der Waals surface area (Å²) in [7, 11) is -3.78. The Kier molecular flexibility index (Phi) is 7.03. The van der Waals surface area contributed by atoms with Crippen LogP contribution < -0.4 is 4.72 Å². The van der Waals surface area contributed by atoms with Gasteiger partial charge in [0.1, 0.15) is 5.82 Å². The Morgan fingerprint density at radius 2 is 1.69 bits per heavy atom. The van der Waals surface area contributed by atoms with Crippen LogP contribution in [0.4, 0.5) is 4.39 Å². The molecule has 1 atom stereocenters. The average molecular weight is 420 g/mol. The third kappa shape index (κ3) is 5.87. The van der Waals surface area contributed by atoms with Crippen molar-refractivity contribution in [3.05, 3.63) is 65.5 Å². The second-order valence-electron chi connectivity index (χ2n) is 7.59. The molecule has 1 aliphatic rings. The summed E-state index contributed by atoms with van der Waals surface area (Å²) < 4.78 is 41.7. The van der Waals surface area contributed by atoms with Crippen molar-refractivity contribution in [3.63, 3.8) is 0 Å². The van der Waals surface area contributed by atoms with Crippen LogP contribution in [0.3, 0.4) is 0 Å². The number of hydrogen-bond donors (Lipinski definition) is 2. The van der Waals surface area contributed by atoms with E-state index in [2.05, 4.69) is 4.72 Å². The number of hydrogen-bond acceptors (Lipinski definition) is 3. The Balaban J connectivity index is 1.78. The van der Waals surface area contributed by atoms with Gasteiger partial charge in [-0.15, -0.1) is 0 Å². The van der Waals surface area contributed by atoms with Crippen LogP contribution in [0.25, 0.3) is 0 Å². The van der Waals surface area contributed by atoms with Gasteiger partial charge in [-0.25, -0.2) is 17.5 Å². The van der Waals surface area contributed by atoms with Gasteiger partial charge in [0.25, 0.3) is 0 Å². The van der Waals surface area contributed by atoms with Gasteiger partial charge in [-0.05, 0) is 67.0 Å². The fourth-order valence-corrected chi connectivity index (χ4v) is 5.20. The van der Waals surface area contributed by atoms with Crippen LogP contribution in [0.1, 0.15) is 55.7 Å². The first-order chi connectivity index (χ1) is 13.8. The van der Waals surface area contributed by atoms with Crippen molar-refractivity contribution in [1.29, 1.82) is 0 Å². The number of sulfonamides is 1. The lowest BCUT2D eigenvalue weighted by Gasteiger charge is -2.25. The predicted molar refractivity (Wildman–Crippen MR) is 108 cm³/mol. The normalized spacial score (nSPS) is 16.0. The highest BCUT2D eigenvalue weighted by molar-refractivity contribution is 7.89. The monoisotopic (exact) mass is 419 g/mol. The van der Waals surface area contributed by atoms with Crippen LogP contribution in [0.2, 0.25) is 0 Å². The quantitative estimate of drug-likeness (QED) is 0.629. The van der Waals surface area contributed by atoms with E-state index < -0.39 is 21.8 Å². The van der Waals surface area contributed by atoms with E-state index in [1.54, 1.807) is 0 Å². The molecule has 0 spiro atoms. The summed E-state index contributed by atoms with van der Waals surface area (Å²) in [6.07, 6.45) is 5.43. The standard InChI is InChI=1S/C22H26FNO4S/c23-19-12-14-20(15-13-19)29(27,28)24-22(17-5-1-2-6-17)18-10-8-16(9-11-18)4-3-7-21(25)26/h8-15,17,22,24H,1-7H2,(H,25,26). The fourth-order valence-electron chi connectivity index (χ4n) is 3.91. The second kappa shape index (κ2) is 9.50. The molecule has 2 aromatic rings. The van der Waals surface area contributed by atoms with E-state index >= 15 is 0 Å². The lowest BCUT2D eigenvalue weighted by atomic mass is 9.91. The van der Waals surface area contributed by atoms with Gasteiger partial charge < -0.3 is 5.11 Å². The van der Waals surface area contributed by atoms with Crippen LogP contribution in [-0.2, 0) is 21.2 Å². The van der Waals surface area contributed by atoms with Gasteiger partial charge in [-0.2, -0.15) is 0 Å². The topological polar surface area (TPSA) is 83.5 Å². The average Bonchev–Trinajstić information content (AvgIpc) is 3.21. The van der Waals surface area contributed by atoms with Crippen molar-refractivity contribution in [2.75, 3.05) is 0 Å². The van der Waals surface area contributed by atoms with E-state index in [-0.39, 0.29) is 23.3 Å². The largest absolute Gasteiger partial charge is 0.481 e. The molecule has 0 bridgehead atoms. The molecular formula is C22H26FNO4S. The van der Waals surface area contributed by atoms with Crippen molar-refractivity contribution in [2.24, 2.45) is 5.92 Å². The first kappa shape index (κ1) is 21.5. The van der Waals surface area contributed by atoms with E-state index in [1.165, 1.54) is 12.1 Å². The maximum absolute atomic E-state index is 13.2. The molecule has 156 valence electrons. The molecule has 0 heterocycles. The number of aryl methyl sites for hydroxylation is 1. The number of nitrogens with one attached hydrogen (secondary N) is 1. The van der Waals surface area contributed by atoms with Gasteiger partial charge >= 0.3 is 5.97 Å². The van der Waals surface area contributed by atoms with Crippen molar-refractivity contribution >= 4 is 16.0 Å². The summed E-state index contributed by atoms with van der Waals surface area (Å²) in [4.78, 5) is 10.7. The third-order valence-corrected chi connectivity index (χ3v) is 6.93. The number of aliphatic carboxylic acids is 1. The van der Waals surface area contributed by atoms with Crippen molar-refractivity contribution in [3.8, 4) is 0 Å². The first-order valence-corrected chi connectivity index (χ1v) is 11.4. The van der Waals surface area contributed by atoms with Gasteiger partial charge in [-0.1, -0.05) is 37.1 Å². The second-order valence-corrected chi connectivity index (χ2v) is 9.30. The Morgan fingerprint density at radius 1 is 1.07 bits per heavy atom. The highest BCUT2D eigenvalue weighted by atomic mass is 32.2. The molecule has 0 saturated heterocycles. The molecular weight excluding hydrogens is 393 g/mol. The Morgan fingerprint density at radius 3 is 2.28 bits per heavy atom. The Bertz CT molecular complexity index is 920. The highest BCUT2D eigenvalue weighted by Crippen LogP contribution is 2.37. The number of carbonyl (C=O) groups is 1. The van der Waals surface area contributed by atoms with Gasteiger partial charge in [0, 0.05) is 12.5 Å². The molecule has 3 rings (SSSR count). The van der Waals surface area contributed by atoms with Crippen LogP contribution in [0.15, 0.2) is 53.4 Å². The zero-order chi connectivity index (χ0) is 20.9. The lowest BCUT2D eigenvalue weighted by Crippen LogP contribution is -2.32.